The number of nitro groups is 1. The van der Waals surface area contributed by atoms with Gasteiger partial charge in [0.15, 0.2) is 5.75 Å². The molecule has 110 valence electrons. The molecule has 5 nitrogen and oxygen atoms in total. The van der Waals surface area contributed by atoms with Crippen molar-refractivity contribution in [3.63, 3.8) is 0 Å². The van der Waals surface area contributed by atoms with E-state index in [0.717, 1.165) is 5.56 Å². The predicted molar refractivity (Wildman–Crippen MR) is 79.8 cm³/mol. The van der Waals surface area contributed by atoms with Gasteiger partial charge in [0.1, 0.15) is 6.61 Å². The highest BCUT2D eigenvalue weighted by Crippen LogP contribution is 2.29. The van der Waals surface area contributed by atoms with Crippen molar-refractivity contribution in [1.82, 2.24) is 0 Å². The van der Waals surface area contributed by atoms with Gasteiger partial charge in [0.25, 0.3) is 0 Å². The van der Waals surface area contributed by atoms with Crippen LogP contribution in [0.25, 0.3) is 0 Å². The molecule has 2 aromatic rings. The molecule has 0 aliphatic carbocycles. The van der Waals surface area contributed by atoms with Crippen molar-refractivity contribution < 1.29 is 14.8 Å². The van der Waals surface area contributed by atoms with Gasteiger partial charge in [-0.3, -0.25) is 10.1 Å². The first kappa shape index (κ1) is 15.6. The molecule has 0 aliphatic rings. The molecule has 0 radical (unpaired) electrons. The lowest BCUT2D eigenvalue weighted by Gasteiger charge is -2.08. The van der Waals surface area contributed by atoms with Crippen LogP contribution in [0.2, 0.25) is 10.0 Å². The van der Waals surface area contributed by atoms with Crippen LogP contribution in [0.3, 0.4) is 0 Å². The Bertz CT molecular complexity index is 676. The number of benzene rings is 2. The Labute approximate surface area is 130 Å². The third-order valence-electron chi connectivity index (χ3n) is 2.78. The molecule has 0 saturated carbocycles. The van der Waals surface area contributed by atoms with Gasteiger partial charge in [-0.15, -0.1) is 0 Å². The zero-order chi connectivity index (χ0) is 15.4. The van der Waals surface area contributed by atoms with Gasteiger partial charge >= 0.3 is 5.69 Å². The van der Waals surface area contributed by atoms with E-state index in [1.54, 1.807) is 24.3 Å². The summed E-state index contributed by atoms with van der Waals surface area (Å²) in [6, 6.07) is 9.30. The third-order valence-corrected chi connectivity index (χ3v) is 3.52. The summed E-state index contributed by atoms with van der Waals surface area (Å²) < 4.78 is 5.45. The summed E-state index contributed by atoms with van der Waals surface area (Å²) in [6.07, 6.45) is 0. The topological polar surface area (TPSA) is 72.6 Å². The van der Waals surface area contributed by atoms with Gasteiger partial charge in [0.05, 0.1) is 21.6 Å². The number of nitro benzene ring substituents is 1. The van der Waals surface area contributed by atoms with E-state index in [9.17, 15) is 10.1 Å². The average molecular weight is 328 g/mol. The van der Waals surface area contributed by atoms with Crippen molar-refractivity contribution in [2.75, 3.05) is 0 Å². The van der Waals surface area contributed by atoms with E-state index in [0.29, 0.717) is 15.6 Å². The van der Waals surface area contributed by atoms with E-state index in [4.69, 9.17) is 33.0 Å². The van der Waals surface area contributed by atoms with Crippen LogP contribution in [0.1, 0.15) is 11.1 Å². The number of hydrogen-bond donors (Lipinski definition) is 1. The van der Waals surface area contributed by atoms with Crippen molar-refractivity contribution in [1.29, 1.82) is 0 Å². The first-order valence-electron chi connectivity index (χ1n) is 5.96. The van der Waals surface area contributed by atoms with Gasteiger partial charge in [-0.25, -0.2) is 0 Å². The molecule has 0 fully saturated rings. The Hall–Kier alpha value is -1.82. The fourth-order valence-corrected chi connectivity index (χ4v) is 2.04. The summed E-state index contributed by atoms with van der Waals surface area (Å²) in [5.41, 5.74) is 0.995. The number of aliphatic hydroxyl groups excluding tert-OH is 1. The van der Waals surface area contributed by atoms with Gasteiger partial charge in [-0.1, -0.05) is 35.3 Å². The van der Waals surface area contributed by atoms with Crippen LogP contribution in [0.4, 0.5) is 5.69 Å². The SMILES string of the molecule is O=[N+]([O-])c1cc(CO)ccc1OCc1ccc(Cl)c(Cl)c1. The van der Waals surface area contributed by atoms with Gasteiger partial charge in [-0.2, -0.15) is 0 Å². The number of halogens is 2. The van der Waals surface area contributed by atoms with Crippen molar-refractivity contribution in [2.45, 2.75) is 13.2 Å². The summed E-state index contributed by atoms with van der Waals surface area (Å²) in [6.45, 7) is -0.149. The molecule has 0 unspecified atom stereocenters. The van der Waals surface area contributed by atoms with Gasteiger partial charge < -0.3 is 9.84 Å². The van der Waals surface area contributed by atoms with E-state index in [1.165, 1.54) is 12.1 Å². The fraction of sp³-hybridized carbons (Fsp3) is 0.143. The highest BCUT2D eigenvalue weighted by atomic mass is 35.5. The minimum absolute atomic E-state index is 0.121. The normalized spacial score (nSPS) is 10.4. The largest absolute Gasteiger partial charge is 0.482 e. The van der Waals surface area contributed by atoms with Gasteiger partial charge in [0, 0.05) is 6.07 Å². The second-order valence-corrected chi connectivity index (χ2v) is 5.07. The third kappa shape index (κ3) is 3.85. The molecule has 2 rings (SSSR count). The Morgan fingerprint density at radius 2 is 1.81 bits per heavy atom. The number of ether oxygens (including phenoxy) is 1. The summed E-state index contributed by atoms with van der Waals surface area (Å²) >= 11 is 11.7. The molecule has 0 amide bonds. The minimum atomic E-state index is -0.552. The highest BCUT2D eigenvalue weighted by molar-refractivity contribution is 6.42. The minimum Gasteiger partial charge on any atom is -0.482 e. The molecule has 7 heteroatoms. The fourth-order valence-electron chi connectivity index (χ4n) is 1.72. The molecule has 1 N–H and O–H groups in total. The number of hydrogen-bond acceptors (Lipinski definition) is 4. The van der Waals surface area contributed by atoms with Crippen LogP contribution < -0.4 is 4.74 Å². The standard InChI is InChI=1S/C14H11Cl2NO4/c15-11-3-1-10(5-12(11)16)8-21-14-4-2-9(7-18)6-13(14)17(19)20/h1-6,18H,7-8H2. The Balaban J connectivity index is 2.19. The number of rotatable bonds is 5. The molecule has 2 aromatic carbocycles. The Morgan fingerprint density at radius 3 is 2.43 bits per heavy atom. The van der Waals surface area contributed by atoms with Crippen LogP contribution >= 0.6 is 23.2 Å². The molecule has 0 aromatic heterocycles. The number of aliphatic hydroxyl groups is 1. The maximum atomic E-state index is 11.0. The lowest BCUT2D eigenvalue weighted by molar-refractivity contribution is -0.386. The van der Waals surface area contributed by atoms with Crippen molar-refractivity contribution in [3.8, 4) is 5.75 Å². The molecule has 0 spiro atoms. The van der Waals surface area contributed by atoms with Crippen LogP contribution in [-0.2, 0) is 13.2 Å². The van der Waals surface area contributed by atoms with Gasteiger partial charge in [0.2, 0.25) is 0 Å². The van der Waals surface area contributed by atoms with E-state index in [-0.39, 0.29) is 24.7 Å². The molecule has 0 bridgehead atoms. The van der Waals surface area contributed by atoms with Crippen molar-refractivity contribution in [2.24, 2.45) is 0 Å². The van der Waals surface area contributed by atoms with Crippen LogP contribution in [0.5, 0.6) is 5.75 Å². The predicted octanol–water partition coefficient (Wildman–Crippen LogP) is 3.97. The van der Waals surface area contributed by atoms with Gasteiger partial charge in [-0.05, 0) is 29.3 Å². The molecular formula is C14H11Cl2NO4. The average Bonchev–Trinajstić information content (AvgIpc) is 2.48. The molecule has 0 saturated heterocycles. The molecule has 21 heavy (non-hydrogen) atoms. The van der Waals surface area contributed by atoms with E-state index in [1.807, 2.05) is 0 Å². The summed E-state index contributed by atoms with van der Waals surface area (Å²) in [7, 11) is 0. The second-order valence-electron chi connectivity index (χ2n) is 4.25. The first-order chi connectivity index (χ1) is 10.0. The summed E-state index contributed by atoms with van der Waals surface area (Å²) in [5, 5.41) is 20.8. The summed E-state index contributed by atoms with van der Waals surface area (Å²) in [5.74, 6) is 0.128. The van der Waals surface area contributed by atoms with E-state index >= 15 is 0 Å². The molecule has 0 heterocycles. The maximum Gasteiger partial charge on any atom is 0.311 e. The number of nitrogens with zero attached hydrogens (tertiary/aromatic N) is 1. The van der Waals surface area contributed by atoms with Crippen molar-refractivity contribution in [3.05, 3.63) is 67.7 Å². The molecule has 0 aliphatic heterocycles. The zero-order valence-corrected chi connectivity index (χ0v) is 12.3. The lowest BCUT2D eigenvalue weighted by atomic mass is 10.2. The Kier molecular flexibility index (Phi) is 5.01. The summed E-state index contributed by atoms with van der Waals surface area (Å²) in [4.78, 5) is 10.5. The van der Waals surface area contributed by atoms with Crippen LogP contribution in [-0.4, -0.2) is 10.0 Å². The van der Waals surface area contributed by atoms with Crippen LogP contribution in [0, 0.1) is 10.1 Å². The van der Waals surface area contributed by atoms with Crippen molar-refractivity contribution >= 4 is 28.9 Å². The second kappa shape index (κ2) is 6.76. The smallest absolute Gasteiger partial charge is 0.311 e. The molecular weight excluding hydrogens is 317 g/mol. The highest BCUT2D eigenvalue weighted by Gasteiger charge is 2.16. The first-order valence-corrected chi connectivity index (χ1v) is 6.71. The Morgan fingerprint density at radius 1 is 1.10 bits per heavy atom. The van der Waals surface area contributed by atoms with E-state index in [2.05, 4.69) is 0 Å². The van der Waals surface area contributed by atoms with Crippen LogP contribution in [0.15, 0.2) is 36.4 Å². The molecule has 0 atom stereocenters. The maximum absolute atomic E-state index is 11.0. The quantitative estimate of drug-likeness (QED) is 0.666. The lowest BCUT2D eigenvalue weighted by Crippen LogP contribution is -2.00. The van der Waals surface area contributed by atoms with E-state index < -0.39 is 4.92 Å². The monoisotopic (exact) mass is 327 g/mol. The zero-order valence-electron chi connectivity index (χ0n) is 10.8.